The molecule has 0 aromatic heterocycles. The van der Waals surface area contributed by atoms with Gasteiger partial charge in [-0.1, -0.05) is 75.3 Å². The lowest BCUT2D eigenvalue weighted by Gasteiger charge is -2.38. The van der Waals surface area contributed by atoms with Crippen LogP contribution in [0.15, 0.2) is 71.9 Å². The molecule has 6 rings (SSSR count). The van der Waals surface area contributed by atoms with Crippen LogP contribution in [-0.4, -0.2) is 147 Å². The molecule has 0 aliphatic carbocycles. The summed E-state index contributed by atoms with van der Waals surface area (Å²) in [6, 6.07) is -0.411. The highest BCUT2D eigenvalue weighted by atomic mass is 16.7. The number of hydrogen-bond acceptors (Lipinski definition) is 14. The first-order chi connectivity index (χ1) is 33.3. The number of nitrogens with one attached hydrogen (secondary N) is 1. The van der Waals surface area contributed by atoms with Crippen LogP contribution in [0.1, 0.15) is 122 Å². The number of hydrogen-bond donors (Lipinski definition) is 1. The van der Waals surface area contributed by atoms with Gasteiger partial charge in [0.2, 0.25) is 11.8 Å². The van der Waals surface area contributed by atoms with Crippen LogP contribution < -0.4 is 5.32 Å². The number of carbonyl (C=O) groups is 4. The molecule has 2 spiro atoms. The number of likely N-dealkylation sites (N-methyl/N-ethyl adjacent to an activating group) is 1. The quantitative estimate of drug-likeness (QED) is 0.0615. The summed E-state index contributed by atoms with van der Waals surface area (Å²) in [7, 11) is 1.72. The van der Waals surface area contributed by atoms with E-state index in [1.807, 2.05) is 6.92 Å². The number of carbonyl (C=O) groups excluding carboxylic acids is 4. The summed E-state index contributed by atoms with van der Waals surface area (Å²) in [5.41, 5.74) is 1.90. The lowest BCUT2D eigenvalue weighted by atomic mass is 9.85. The lowest BCUT2D eigenvalue weighted by Crippen LogP contribution is -2.47. The summed E-state index contributed by atoms with van der Waals surface area (Å²) in [5.74, 6) is -1.47. The summed E-state index contributed by atoms with van der Waals surface area (Å²) in [4.78, 5) is 49.5. The van der Waals surface area contributed by atoms with Gasteiger partial charge in [0, 0.05) is 57.7 Å². The molecule has 0 unspecified atom stereocenters. The number of esters is 2. The smallest absolute Gasteiger partial charge is 0.308 e. The minimum Gasteiger partial charge on any atom is -0.458 e. The maximum absolute atomic E-state index is 12.5. The minimum atomic E-state index is -0.470. The zero-order valence-corrected chi connectivity index (χ0v) is 44.7. The number of nitrogens with zero attached hydrogens (tertiary/aromatic N) is 1. The van der Waals surface area contributed by atoms with Gasteiger partial charge in [0.05, 0.1) is 98.2 Å². The van der Waals surface area contributed by atoms with Gasteiger partial charge in [-0.2, -0.15) is 0 Å². The largest absolute Gasteiger partial charge is 0.458 e. The molecule has 71 heavy (non-hydrogen) atoms. The highest BCUT2D eigenvalue weighted by molar-refractivity contribution is 5.88. The summed E-state index contributed by atoms with van der Waals surface area (Å²) < 4.78 is 57.5. The van der Waals surface area contributed by atoms with Crippen LogP contribution in [0.25, 0.3) is 0 Å². The van der Waals surface area contributed by atoms with E-state index in [4.69, 9.17) is 47.4 Å². The molecule has 6 aliphatic rings. The number of amides is 2. The third kappa shape index (κ3) is 20.1. The first kappa shape index (κ1) is 57.9. The molecule has 6 atom stereocenters. The van der Waals surface area contributed by atoms with Gasteiger partial charge in [-0.15, -0.1) is 0 Å². The fourth-order valence-corrected chi connectivity index (χ4v) is 8.85. The molecular formula is C55H84N2O14. The van der Waals surface area contributed by atoms with Crippen LogP contribution in [0.3, 0.4) is 0 Å². The molecule has 1 N–H and O–H groups in total. The first-order valence-electron chi connectivity index (χ1n) is 25.5. The van der Waals surface area contributed by atoms with E-state index in [2.05, 4.69) is 76.4 Å². The van der Waals surface area contributed by atoms with E-state index >= 15 is 0 Å². The predicted octanol–water partition coefficient (Wildman–Crippen LogP) is 7.56. The number of rotatable bonds is 18. The van der Waals surface area contributed by atoms with Crippen LogP contribution in [0.5, 0.6) is 0 Å². The summed E-state index contributed by atoms with van der Waals surface area (Å²) in [6.07, 6.45) is 22.0. The Morgan fingerprint density at radius 1 is 0.634 bits per heavy atom. The van der Waals surface area contributed by atoms with Crippen LogP contribution in [0.4, 0.5) is 0 Å². The minimum absolute atomic E-state index is 0.0118. The fourth-order valence-electron chi connectivity index (χ4n) is 8.85. The average Bonchev–Trinajstić information content (AvgIpc) is 4.24. The Bertz CT molecular complexity index is 1960. The maximum atomic E-state index is 12.5. The molecule has 0 aromatic carbocycles. The van der Waals surface area contributed by atoms with Crippen molar-refractivity contribution in [1.82, 2.24) is 10.2 Å². The van der Waals surface area contributed by atoms with Crippen molar-refractivity contribution in [3.8, 4) is 0 Å². The Balaban J connectivity index is 0.000000264. The lowest BCUT2D eigenvalue weighted by molar-refractivity contribution is -0.201. The van der Waals surface area contributed by atoms with Crippen LogP contribution in [0, 0.1) is 11.8 Å². The molecule has 6 saturated heterocycles. The SMILES string of the molecule is CC(/C=C/[C@@H]1C[C@]2(CO2)CC(C)(C)O1)=C\CC1OCC(N(C)C(=O)/C=C\[C@H](C)OC(=O)C(C)C)CO1.CC(/C=C/[C@@H]1C[C@]2(CO2)CC(C)(C)O1)=C\CC1OCC(NC(=O)/C=C\[C@H](C)OC(=O)C(C)C)CO1. The van der Waals surface area contributed by atoms with Crippen LogP contribution in [0.2, 0.25) is 0 Å². The molecule has 0 bridgehead atoms. The van der Waals surface area contributed by atoms with Crippen molar-refractivity contribution in [2.24, 2.45) is 11.8 Å². The third-order valence-corrected chi connectivity index (χ3v) is 12.8. The topological polar surface area (TPSA) is 182 Å². The van der Waals surface area contributed by atoms with E-state index < -0.39 is 12.2 Å². The van der Waals surface area contributed by atoms with Crippen molar-refractivity contribution >= 4 is 23.8 Å². The molecule has 6 aliphatic heterocycles. The van der Waals surface area contributed by atoms with Crippen molar-refractivity contribution in [3.05, 3.63) is 71.9 Å². The monoisotopic (exact) mass is 997 g/mol. The van der Waals surface area contributed by atoms with Crippen molar-refractivity contribution in [2.45, 2.75) is 193 Å². The standard InChI is InChI=1S/C28H43NO7.C27H41NO7/c1-19(2)26(31)35-21(4)10-12-24(30)29(7)22-15-32-25(33-16-22)13-9-20(3)8-11-23-14-28(18-34-28)17-27(5,6)36-23;1-18(2)25(30)34-20(4)9-11-23(29)28-21-14-31-24(32-15-21)12-8-19(3)7-10-22-13-27(17-33-27)16-26(5,6)35-22/h8-12,19,21-23,25H,13-18H2,1-7H3;7-11,18,20-22,24H,12-17H2,1-6H3,(H,28,29)/b11-8+,12-10-,20-9+;10-7+,11-9-,19-8+/t21-,22?,23+,25?,28+;20-,21?,22+,24?,27+/m00/s1. The molecular weight excluding hydrogens is 913 g/mol. The highest BCUT2D eigenvalue weighted by Crippen LogP contribution is 2.47. The van der Waals surface area contributed by atoms with Gasteiger partial charge in [0.1, 0.15) is 12.2 Å². The third-order valence-electron chi connectivity index (χ3n) is 12.8. The van der Waals surface area contributed by atoms with E-state index in [0.29, 0.717) is 39.3 Å². The molecule has 6 fully saturated rings. The molecule has 0 aromatic rings. The van der Waals surface area contributed by atoms with Gasteiger partial charge in [0.15, 0.2) is 12.6 Å². The van der Waals surface area contributed by atoms with Crippen molar-refractivity contribution in [1.29, 1.82) is 0 Å². The highest BCUT2D eigenvalue weighted by Gasteiger charge is 2.54. The summed E-state index contributed by atoms with van der Waals surface area (Å²) >= 11 is 0. The van der Waals surface area contributed by atoms with Gasteiger partial charge >= 0.3 is 11.9 Å². The van der Waals surface area contributed by atoms with Gasteiger partial charge < -0.3 is 57.6 Å². The first-order valence-corrected chi connectivity index (χ1v) is 25.5. The van der Waals surface area contributed by atoms with Crippen LogP contribution >= 0.6 is 0 Å². The van der Waals surface area contributed by atoms with Gasteiger partial charge in [-0.3, -0.25) is 19.2 Å². The van der Waals surface area contributed by atoms with Crippen molar-refractivity contribution < 1.29 is 66.5 Å². The number of ether oxygens (including phenoxy) is 10. The molecule has 398 valence electrons. The summed E-state index contributed by atoms with van der Waals surface area (Å²) in [6.45, 7) is 26.3. The Morgan fingerprint density at radius 2 is 1.04 bits per heavy atom. The van der Waals surface area contributed by atoms with E-state index in [9.17, 15) is 19.2 Å². The van der Waals surface area contributed by atoms with Crippen molar-refractivity contribution in [2.75, 3.05) is 46.7 Å². The van der Waals surface area contributed by atoms with Gasteiger partial charge in [-0.05, 0) is 67.5 Å². The molecule has 2 amide bonds. The number of allylic oxidation sites excluding steroid dienone is 4. The molecule has 16 heteroatoms. The predicted molar refractivity (Wildman–Crippen MR) is 268 cm³/mol. The Labute approximate surface area is 422 Å². The van der Waals surface area contributed by atoms with E-state index in [1.54, 1.807) is 65.6 Å². The zero-order valence-electron chi connectivity index (χ0n) is 44.7. The normalized spacial score (nSPS) is 31.5. The van der Waals surface area contributed by atoms with Crippen molar-refractivity contribution in [3.63, 3.8) is 0 Å². The summed E-state index contributed by atoms with van der Waals surface area (Å²) in [5, 5.41) is 2.84. The van der Waals surface area contributed by atoms with E-state index in [-0.39, 0.29) is 94.9 Å². The maximum Gasteiger partial charge on any atom is 0.308 e. The molecule has 0 radical (unpaired) electrons. The molecule has 0 saturated carbocycles. The number of epoxide rings is 2. The van der Waals surface area contributed by atoms with Gasteiger partial charge in [0.25, 0.3) is 0 Å². The molecule has 6 heterocycles. The second kappa shape index (κ2) is 25.8. The van der Waals surface area contributed by atoms with Gasteiger partial charge in [-0.25, -0.2) is 0 Å². The Kier molecular flexibility index (Phi) is 21.0. The fraction of sp³-hybridized carbons (Fsp3) is 0.709. The average molecular weight is 997 g/mol. The molecule has 16 nitrogen and oxygen atoms in total. The van der Waals surface area contributed by atoms with E-state index in [0.717, 1.165) is 50.0 Å². The Hall–Kier alpha value is -4.00. The second-order valence-corrected chi connectivity index (χ2v) is 21.9. The second-order valence-electron chi connectivity index (χ2n) is 21.9. The van der Waals surface area contributed by atoms with Crippen LogP contribution in [-0.2, 0) is 66.5 Å². The zero-order chi connectivity index (χ0) is 52.1. The Morgan fingerprint density at radius 3 is 1.45 bits per heavy atom. The van der Waals surface area contributed by atoms with E-state index in [1.165, 1.54) is 12.2 Å².